The fourth-order valence-electron chi connectivity index (χ4n) is 2.36. The van der Waals surface area contributed by atoms with Crippen molar-refractivity contribution in [1.29, 1.82) is 0 Å². The van der Waals surface area contributed by atoms with E-state index in [1.807, 2.05) is 31.2 Å². The Morgan fingerprint density at radius 2 is 1.83 bits per heavy atom. The molecule has 0 aromatic heterocycles. The molecule has 0 atom stereocenters. The third-order valence-corrected chi connectivity index (χ3v) is 3.53. The molecule has 0 radical (unpaired) electrons. The summed E-state index contributed by atoms with van der Waals surface area (Å²) in [5.74, 6) is -0.286. The van der Waals surface area contributed by atoms with Crippen LogP contribution in [0.5, 0.6) is 0 Å². The van der Waals surface area contributed by atoms with Gasteiger partial charge in [0.05, 0.1) is 0 Å². The number of anilines is 1. The van der Waals surface area contributed by atoms with E-state index in [9.17, 15) is 9.59 Å². The summed E-state index contributed by atoms with van der Waals surface area (Å²) >= 11 is 0. The first-order valence-electron chi connectivity index (χ1n) is 7.49. The van der Waals surface area contributed by atoms with Gasteiger partial charge in [0.15, 0.2) is 5.70 Å². The van der Waals surface area contributed by atoms with Crippen LogP contribution in [0.2, 0.25) is 0 Å². The summed E-state index contributed by atoms with van der Waals surface area (Å²) in [6.07, 6.45) is 1.66. The maximum atomic E-state index is 12.0. The molecule has 0 fully saturated rings. The van der Waals surface area contributed by atoms with E-state index in [1.165, 1.54) is 6.92 Å². The van der Waals surface area contributed by atoms with Crippen molar-refractivity contribution in [1.82, 2.24) is 0 Å². The monoisotopic (exact) mass is 320 g/mol. The summed E-state index contributed by atoms with van der Waals surface area (Å²) in [7, 11) is 0. The summed E-state index contributed by atoms with van der Waals surface area (Å²) in [6, 6.07) is 14.7. The molecular weight excluding hydrogens is 304 g/mol. The molecule has 1 N–H and O–H groups in total. The second kappa shape index (κ2) is 6.50. The maximum absolute atomic E-state index is 12.0. The Bertz CT molecular complexity index is 864. The van der Waals surface area contributed by atoms with Crippen molar-refractivity contribution >= 4 is 29.5 Å². The minimum absolute atomic E-state index is 0.132. The third kappa shape index (κ3) is 3.41. The predicted molar refractivity (Wildman–Crippen MR) is 92.5 cm³/mol. The average Bonchev–Trinajstić information content (AvgIpc) is 2.90. The molecule has 24 heavy (non-hydrogen) atoms. The van der Waals surface area contributed by atoms with Crippen molar-refractivity contribution in [3.63, 3.8) is 0 Å². The summed E-state index contributed by atoms with van der Waals surface area (Å²) in [5, 5.41) is 2.69. The van der Waals surface area contributed by atoms with Gasteiger partial charge in [-0.15, -0.1) is 0 Å². The number of hydrogen-bond acceptors (Lipinski definition) is 4. The van der Waals surface area contributed by atoms with Crippen LogP contribution < -0.4 is 5.32 Å². The van der Waals surface area contributed by atoms with E-state index < -0.39 is 5.97 Å². The number of amides is 1. The van der Waals surface area contributed by atoms with Crippen LogP contribution in [0.3, 0.4) is 0 Å². The van der Waals surface area contributed by atoms with Gasteiger partial charge in [0.2, 0.25) is 11.8 Å². The molecule has 0 bridgehead atoms. The Morgan fingerprint density at radius 1 is 1.12 bits per heavy atom. The second-order valence-corrected chi connectivity index (χ2v) is 5.45. The molecule has 1 heterocycles. The zero-order chi connectivity index (χ0) is 17.1. The van der Waals surface area contributed by atoms with Gasteiger partial charge in [0, 0.05) is 18.2 Å². The van der Waals surface area contributed by atoms with E-state index in [-0.39, 0.29) is 11.6 Å². The van der Waals surface area contributed by atoms with Crippen molar-refractivity contribution in [2.45, 2.75) is 13.8 Å². The Balaban J connectivity index is 1.86. The zero-order valence-electron chi connectivity index (χ0n) is 13.4. The lowest BCUT2D eigenvalue weighted by Gasteiger charge is -2.02. The number of nitrogens with one attached hydrogen (secondary N) is 1. The molecule has 0 saturated carbocycles. The smallest absolute Gasteiger partial charge is 0.363 e. The minimum atomic E-state index is -0.473. The minimum Gasteiger partial charge on any atom is -0.402 e. The van der Waals surface area contributed by atoms with Crippen LogP contribution in [0.15, 0.2) is 59.2 Å². The molecule has 1 aliphatic rings. The van der Waals surface area contributed by atoms with Crippen LogP contribution in [0.25, 0.3) is 6.08 Å². The molecular formula is C19H16N2O3. The number of hydrogen-bond donors (Lipinski definition) is 1. The van der Waals surface area contributed by atoms with Crippen molar-refractivity contribution in [2.24, 2.45) is 4.99 Å². The fraction of sp³-hybridized carbons (Fsp3) is 0.105. The lowest BCUT2D eigenvalue weighted by atomic mass is 10.1. The first-order chi connectivity index (χ1) is 11.5. The first-order valence-corrected chi connectivity index (χ1v) is 7.49. The van der Waals surface area contributed by atoms with Crippen LogP contribution in [0, 0.1) is 6.92 Å². The Hall–Kier alpha value is -3.21. The van der Waals surface area contributed by atoms with Gasteiger partial charge in [0.25, 0.3) is 0 Å². The molecule has 0 spiro atoms. The molecule has 1 aliphatic heterocycles. The molecule has 2 aromatic carbocycles. The number of aliphatic imine (C=N–C) groups is 1. The van der Waals surface area contributed by atoms with Gasteiger partial charge in [-0.05, 0) is 42.3 Å². The van der Waals surface area contributed by atoms with Crippen molar-refractivity contribution in [2.75, 3.05) is 5.32 Å². The number of cyclic esters (lactones) is 1. The van der Waals surface area contributed by atoms with E-state index in [4.69, 9.17) is 4.74 Å². The highest BCUT2D eigenvalue weighted by Crippen LogP contribution is 2.21. The van der Waals surface area contributed by atoms with Gasteiger partial charge in [-0.2, -0.15) is 0 Å². The highest BCUT2D eigenvalue weighted by atomic mass is 16.6. The largest absolute Gasteiger partial charge is 0.402 e. The molecule has 0 aliphatic carbocycles. The summed E-state index contributed by atoms with van der Waals surface area (Å²) in [4.78, 5) is 27.3. The normalized spacial score (nSPS) is 15.2. The number of esters is 1. The van der Waals surface area contributed by atoms with Gasteiger partial charge in [-0.3, -0.25) is 4.79 Å². The average molecular weight is 320 g/mol. The molecule has 5 nitrogen and oxygen atoms in total. The Labute approximate surface area is 139 Å². The summed E-state index contributed by atoms with van der Waals surface area (Å²) in [6.45, 7) is 3.39. The van der Waals surface area contributed by atoms with Crippen molar-refractivity contribution in [3.05, 3.63) is 70.9 Å². The Morgan fingerprint density at radius 3 is 2.50 bits per heavy atom. The molecule has 0 saturated heterocycles. The molecule has 1 amide bonds. The molecule has 0 unspecified atom stereocenters. The van der Waals surface area contributed by atoms with Crippen LogP contribution in [0.1, 0.15) is 23.6 Å². The van der Waals surface area contributed by atoms with Crippen molar-refractivity contribution < 1.29 is 14.3 Å². The summed E-state index contributed by atoms with van der Waals surface area (Å²) in [5.41, 5.74) is 3.54. The predicted octanol–water partition coefficient (Wildman–Crippen LogP) is 3.30. The van der Waals surface area contributed by atoms with Gasteiger partial charge in [0.1, 0.15) is 0 Å². The van der Waals surface area contributed by atoms with Crippen molar-refractivity contribution in [3.8, 4) is 0 Å². The Kier molecular flexibility index (Phi) is 4.24. The highest BCUT2D eigenvalue weighted by molar-refractivity contribution is 6.13. The van der Waals surface area contributed by atoms with E-state index in [0.29, 0.717) is 11.6 Å². The van der Waals surface area contributed by atoms with E-state index in [1.54, 1.807) is 30.3 Å². The van der Waals surface area contributed by atoms with Gasteiger partial charge in [-0.1, -0.05) is 30.3 Å². The van der Waals surface area contributed by atoms with E-state index >= 15 is 0 Å². The standard InChI is InChI=1S/C19H16N2O3/c1-12-5-3-4-6-16(12)18-21-17(19(23)24-18)11-14-7-9-15(10-8-14)20-13(2)22/h3-11H,1-2H3,(H,20,22)/b17-11-. The number of ether oxygens (including phenoxy) is 1. The van der Waals surface area contributed by atoms with Crippen LogP contribution in [-0.4, -0.2) is 17.8 Å². The topological polar surface area (TPSA) is 67.8 Å². The van der Waals surface area contributed by atoms with Crippen LogP contribution in [-0.2, 0) is 14.3 Å². The zero-order valence-corrected chi connectivity index (χ0v) is 13.4. The van der Waals surface area contributed by atoms with Crippen LogP contribution in [0.4, 0.5) is 5.69 Å². The van der Waals surface area contributed by atoms with Gasteiger partial charge in [-0.25, -0.2) is 9.79 Å². The third-order valence-electron chi connectivity index (χ3n) is 3.53. The number of carbonyl (C=O) groups is 2. The molecule has 2 aromatic rings. The lowest BCUT2D eigenvalue weighted by molar-refractivity contribution is -0.129. The maximum Gasteiger partial charge on any atom is 0.363 e. The number of benzene rings is 2. The van der Waals surface area contributed by atoms with E-state index in [0.717, 1.165) is 16.7 Å². The highest BCUT2D eigenvalue weighted by Gasteiger charge is 2.24. The fourth-order valence-corrected chi connectivity index (χ4v) is 2.36. The SMILES string of the molecule is CC(=O)Nc1ccc(/C=C2\N=C(c3ccccc3C)OC2=O)cc1. The quantitative estimate of drug-likeness (QED) is 0.697. The molecule has 5 heteroatoms. The summed E-state index contributed by atoms with van der Waals surface area (Å²) < 4.78 is 5.28. The second-order valence-electron chi connectivity index (χ2n) is 5.45. The number of nitrogens with zero attached hydrogens (tertiary/aromatic N) is 1. The number of aryl methyl sites for hydroxylation is 1. The number of carbonyl (C=O) groups excluding carboxylic acids is 2. The molecule has 120 valence electrons. The number of rotatable bonds is 3. The first kappa shape index (κ1) is 15.7. The van der Waals surface area contributed by atoms with Gasteiger partial charge < -0.3 is 10.1 Å². The lowest BCUT2D eigenvalue weighted by Crippen LogP contribution is -2.06. The van der Waals surface area contributed by atoms with Crippen LogP contribution >= 0.6 is 0 Å². The van der Waals surface area contributed by atoms with Gasteiger partial charge >= 0.3 is 5.97 Å². The van der Waals surface area contributed by atoms with E-state index in [2.05, 4.69) is 10.3 Å². The molecule has 3 rings (SSSR count).